The molecule has 0 spiro atoms. The predicted octanol–water partition coefficient (Wildman–Crippen LogP) is 1.55. The van der Waals surface area contributed by atoms with Crippen molar-refractivity contribution in [3.63, 3.8) is 0 Å². The maximum absolute atomic E-state index is 12.2. The summed E-state index contributed by atoms with van der Waals surface area (Å²) in [7, 11) is 0. The molecular weight excluding hydrogens is 256 g/mol. The molecule has 1 rings (SSSR count). The second-order valence-electron chi connectivity index (χ2n) is 5.85. The lowest BCUT2D eigenvalue weighted by Crippen LogP contribution is -2.46. The van der Waals surface area contributed by atoms with Crippen LogP contribution in [0.5, 0.6) is 0 Å². The number of aryl methyl sites for hydroxylation is 1. The molecule has 0 saturated carbocycles. The first-order valence-electron chi connectivity index (χ1n) is 6.83. The number of hydrogen-bond acceptors (Lipinski definition) is 3. The summed E-state index contributed by atoms with van der Waals surface area (Å²) in [5, 5.41) is 7.12. The molecule has 1 heterocycles. The Morgan fingerprint density at radius 2 is 2.10 bits per heavy atom. The summed E-state index contributed by atoms with van der Waals surface area (Å²) in [6.07, 6.45) is 1.03. The van der Waals surface area contributed by atoms with Gasteiger partial charge in [-0.05, 0) is 40.2 Å². The summed E-state index contributed by atoms with van der Waals surface area (Å²) in [5.41, 5.74) is 5.79. The molecule has 0 aliphatic rings. The second-order valence-corrected chi connectivity index (χ2v) is 5.85. The highest BCUT2D eigenvalue weighted by Crippen LogP contribution is 2.15. The van der Waals surface area contributed by atoms with Crippen LogP contribution >= 0.6 is 0 Å². The molecule has 2 amide bonds. The fourth-order valence-corrected chi connectivity index (χ4v) is 2.07. The first-order valence-corrected chi connectivity index (χ1v) is 6.83. The number of aromatic nitrogens is 2. The first kappa shape index (κ1) is 16.2. The molecule has 0 aliphatic carbocycles. The van der Waals surface area contributed by atoms with Crippen LogP contribution in [-0.2, 0) is 4.79 Å². The number of nitrogens with two attached hydrogens (primary N) is 1. The highest BCUT2D eigenvalue weighted by Gasteiger charge is 2.25. The average molecular weight is 280 g/mol. The molecule has 0 fully saturated rings. The molecule has 0 radical (unpaired) electrons. The number of rotatable bonds is 6. The lowest BCUT2D eigenvalue weighted by molar-refractivity contribution is -0.119. The van der Waals surface area contributed by atoms with Gasteiger partial charge in [0.2, 0.25) is 5.91 Å². The zero-order chi connectivity index (χ0) is 15.5. The maximum atomic E-state index is 12.2. The second kappa shape index (κ2) is 6.07. The number of carbonyl (C=O) groups is 2. The van der Waals surface area contributed by atoms with Crippen LogP contribution in [0, 0.1) is 6.92 Å². The van der Waals surface area contributed by atoms with E-state index in [4.69, 9.17) is 5.73 Å². The minimum atomic E-state index is -0.684. The van der Waals surface area contributed by atoms with Gasteiger partial charge < -0.3 is 11.1 Å². The van der Waals surface area contributed by atoms with Crippen LogP contribution in [0.1, 0.15) is 62.8 Å². The van der Waals surface area contributed by atoms with Crippen LogP contribution in [0.15, 0.2) is 6.07 Å². The minimum absolute atomic E-state index is 0.0871. The third-order valence-electron chi connectivity index (χ3n) is 3.23. The third kappa shape index (κ3) is 4.08. The van der Waals surface area contributed by atoms with E-state index < -0.39 is 11.4 Å². The third-order valence-corrected chi connectivity index (χ3v) is 3.23. The zero-order valence-electron chi connectivity index (χ0n) is 12.9. The number of nitrogens with zero attached hydrogens (tertiary/aromatic N) is 2. The highest BCUT2D eigenvalue weighted by atomic mass is 16.2. The largest absolute Gasteiger partial charge is 0.370 e. The Morgan fingerprint density at radius 3 is 2.60 bits per heavy atom. The number of amides is 2. The molecule has 1 aromatic heterocycles. The summed E-state index contributed by atoms with van der Waals surface area (Å²) < 4.78 is 1.84. The Bertz CT molecular complexity index is 505. The van der Waals surface area contributed by atoms with Crippen LogP contribution in [0.4, 0.5) is 0 Å². The van der Waals surface area contributed by atoms with E-state index in [1.54, 1.807) is 19.9 Å². The van der Waals surface area contributed by atoms with Crippen molar-refractivity contribution in [1.82, 2.24) is 15.1 Å². The van der Waals surface area contributed by atoms with E-state index in [0.717, 1.165) is 12.1 Å². The number of nitrogens with one attached hydrogen (secondary N) is 1. The van der Waals surface area contributed by atoms with E-state index in [0.29, 0.717) is 5.69 Å². The normalized spacial score (nSPS) is 13.1. The predicted molar refractivity (Wildman–Crippen MR) is 77.3 cm³/mol. The average Bonchev–Trinajstić information content (AvgIpc) is 2.68. The van der Waals surface area contributed by atoms with Gasteiger partial charge >= 0.3 is 0 Å². The first-order chi connectivity index (χ1) is 9.16. The minimum Gasteiger partial charge on any atom is -0.370 e. The van der Waals surface area contributed by atoms with Gasteiger partial charge in [0.15, 0.2) is 0 Å². The monoisotopic (exact) mass is 280 g/mol. The standard InChI is InChI=1S/C14H24N4O2/c1-6-9(2)18-10(3)7-11(17-18)13(20)16-14(4,5)8-12(15)19/h7,9H,6,8H2,1-5H3,(H2,15,19)(H,16,20). The Morgan fingerprint density at radius 1 is 1.50 bits per heavy atom. The summed E-state index contributed by atoms with van der Waals surface area (Å²) >= 11 is 0. The van der Waals surface area contributed by atoms with Crippen molar-refractivity contribution in [1.29, 1.82) is 0 Å². The number of primary amides is 1. The molecule has 0 saturated heterocycles. The quantitative estimate of drug-likeness (QED) is 0.828. The van der Waals surface area contributed by atoms with E-state index in [1.165, 1.54) is 0 Å². The Kier molecular flexibility index (Phi) is 4.92. The maximum Gasteiger partial charge on any atom is 0.272 e. The van der Waals surface area contributed by atoms with Gasteiger partial charge in [-0.3, -0.25) is 14.3 Å². The van der Waals surface area contributed by atoms with E-state index in [1.807, 2.05) is 11.6 Å². The Labute approximate surface area is 119 Å². The summed E-state index contributed by atoms with van der Waals surface area (Å²) in [6, 6.07) is 2.00. The molecule has 0 bridgehead atoms. The van der Waals surface area contributed by atoms with Gasteiger partial charge in [-0.15, -0.1) is 0 Å². The van der Waals surface area contributed by atoms with E-state index in [2.05, 4.69) is 24.3 Å². The topological polar surface area (TPSA) is 90.0 Å². The fraction of sp³-hybridized carbons (Fsp3) is 0.643. The van der Waals surface area contributed by atoms with Crippen molar-refractivity contribution in [3.8, 4) is 0 Å². The van der Waals surface area contributed by atoms with E-state index in [-0.39, 0.29) is 18.4 Å². The van der Waals surface area contributed by atoms with Crippen molar-refractivity contribution in [2.75, 3.05) is 0 Å². The van der Waals surface area contributed by atoms with Crippen molar-refractivity contribution in [2.45, 2.75) is 59.0 Å². The van der Waals surface area contributed by atoms with Gasteiger partial charge in [-0.2, -0.15) is 5.10 Å². The molecule has 0 aliphatic heterocycles. The van der Waals surface area contributed by atoms with Crippen molar-refractivity contribution in [3.05, 3.63) is 17.5 Å². The molecule has 1 atom stereocenters. The van der Waals surface area contributed by atoms with Crippen molar-refractivity contribution < 1.29 is 9.59 Å². The lowest BCUT2D eigenvalue weighted by atomic mass is 10.00. The van der Waals surface area contributed by atoms with Crippen LogP contribution in [0.3, 0.4) is 0 Å². The van der Waals surface area contributed by atoms with Crippen LogP contribution in [-0.4, -0.2) is 27.1 Å². The van der Waals surface area contributed by atoms with Crippen LogP contribution < -0.4 is 11.1 Å². The van der Waals surface area contributed by atoms with Crippen LogP contribution in [0.25, 0.3) is 0 Å². The van der Waals surface area contributed by atoms with Gasteiger partial charge in [-0.1, -0.05) is 6.92 Å². The molecule has 1 aromatic rings. The van der Waals surface area contributed by atoms with Gasteiger partial charge in [-0.25, -0.2) is 0 Å². The van der Waals surface area contributed by atoms with E-state index >= 15 is 0 Å². The van der Waals surface area contributed by atoms with E-state index in [9.17, 15) is 9.59 Å². The number of carbonyl (C=O) groups excluding carboxylic acids is 2. The van der Waals surface area contributed by atoms with Crippen LogP contribution in [0.2, 0.25) is 0 Å². The molecule has 3 N–H and O–H groups in total. The summed E-state index contributed by atoms with van der Waals surface area (Å²) in [5.74, 6) is -0.738. The summed E-state index contributed by atoms with van der Waals surface area (Å²) in [6.45, 7) is 9.56. The highest BCUT2D eigenvalue weighted by molar-refractivity contribution is 5.93. The summed E-state index contributed by atoms with van der Waals surface area (Å²) in [4.78, 5) is 23.1. The van der Waals surface area contributed by atoms with Gasteiger partial charge in [0.05, 0.1) is 0 Å². The SMILES string of the molecule is CCC(C)n1nc(C(=O)NC(C)(C)CC(N)=O)cc1C. The molecule has 6 nitrogen and oxygen atoms in total. The smallest absolute Gasteiger partial charge is 0.272 e. The van der Waals surface area contributed by atoms with Crippen molar-refractivity contribution in [2.24, 2.45) is 5.73 Å². The zero-order valence-corrected chi connectivity index (χ0v) is 12.9. The van der Waals surface area contributed by atoms with Gasteiger partial charge in [0, 0.05) is 23.7 Å². The molecule has 1 unspecified atom stereocenters. The number of hydrogen-bond donors (Lipinski definition) is 2. The molecule has 0 aromatic carbocycles. The Balaban J connectivity index is 2.86. The molecule has 112 valence electrons. The lowest BCUT2D eigenvalue weighted by Gasteiger charge is -2.24. The molecule has 20 heavy (non-hydrogen) atoms. The Hall–Kier alpha value is -1.85. The van der Waals surface area contributed by atoms with Gasteiger partial charge in [0.1, 0.15) is 5.69 Å². The fourth-order valence-electron chi connectivity index (χ4n) is 2.07. The molecule has 6 heteroatoms. The van der Waals surface area contributed by atoms with Crippen molar-refractivity contribution >= 4 is 11.8 Å². The molecular formula is C14H24N4O2. The van der Waals surface area contributed by atoms with Gasteiger partial charge in [0.25, 0.3) is 5.91 Å².